The number of aliphatic hydroxyl groups excluding tert-OH is 1. The number of hydrogen-bond acceptors (Lipinski definition) is 4. The van der Waals surface area contributed by atoms with Crippen molar-refractivity contribution in [2.24, 2.45) is 0 Å². The van der Waals surface area contributed by atoms with Gasteiger partial charge in [-0.15, -0.1) is 19.0 Å². The quantitative estimate of drug-likeness (QED) is 0.683. The van der Waals surface area contributed by atoms with Gasteiger partial charge < -0.3 is 19.9 Å². The van der Waals surface area contributed by atoms with E-state index in [2.05, 4.69) is 18.0 Å². The van der Waals surface area contributed by atoms with E-state index in [9.17, 15) is 5.11 Å². The Hall–Kier alpha value is -1.23. The SMILES string of the molecule is C=CCc1cc(CNC(C)(C)CO)cc(OC)c1OCC.Cl. The number of methoxy groups -OCH3 is 1. The number of ether oxygens (including phenoxy) is 2. The molecule has 0 aliphatic heterocycles. The van der Waals surface area contributed by atoms with Gasteiger partial charge in [0.1, 0.15) is 0 Å². The number of aliphatic hydroxyl groups is 1. The molecule has 0 aromatic heterocycles. The van der Waals surface area contributed by atoms with Gasteiger partial charge in [0, 0.05) is 17.6 Å². The first-order chi connectivity index (χ1) is 9.97. The Morgan fingerprint density at radius 3 is 2.55 bits per heavy atom. The van der Waals surface area contributed by atoms with Crippen LogP contribution < -0.4 is 14.8 Å². The zero-order valence-electron chi connectivity index (χ0n) is 13.9. The molecule has 0 fully saturated rings. The molecule has 0 radical (unpaired) electrons. The van der Waals surface area contributed by atoms with Crippen LogP contribution in [0.4, 0.5) is 0 Å². The number of halogens is 1. The first-order valence-electron chi connectivity index (χ1n) is 7.26. The molecule has 0 aliphatic carbocycles. The van der Waals surface area contributed by atoms with Gasteiger partial charge in [-0.3, -0.25) is 0 Å². The van der Waals surface area contributed by atoms with E-state index in [-0.39, 0.29) is 24.6 Å². The van der Waals surface area contributed by atoms with Crippen LogP contribution in [-0.2, 0) is 13.0 Å². The average molecular weight is 330 g/mol. The Balaban J connectivity index is 0.00000441. The van der Waals surface area contributed by atoms with Gasteiger partial charge >= 0.3 is 0 Å². The summed E-state index contributed by atoms with van der Waals surface area (Å²) in [5, 5.41) is 12.6. The minimum atomic E-state index is -0.315. The van der Waals surface area contributed by atoms with E-state index < -0.39 is 0 Å². The van der Waals surface area contributed by atoms with E-state index in [1.165, 1.54) is 0 Å². The van der Waals surface area contributed by atoms with Gasteiger partial charge in [0.25, 0.3) is 0 Å². The molecule has 0 aliphatic rings. The van der Waals surface area contributed by atoms with E-state index in [4.69, 9.17) is 9.47 Å². The number of benzene rings is 1. The second-order valence-electron chi connectivity index (χ2n) is 5.61. The topological polar surface area (TPSA) is 50.7 Å². The summed E-state index contributed by atoms with van der Waals surface area (Å²) in [6, 6.07) is 4.06. The van der Waals surface area contributed by atoms with Crippen molar-refractivity contribution in [3.63, 3.8) is 0 Å². The molecule has 0 heterocycles. The Kier molecular flexibility index (Phi) is 9.18. The third kappa shape index (κ3) is 5.87. The molecule has 5 heteroatoms. The maximum Gasteiger partial charge on any atom is 0.164 e. The van der Waals surface area contributed by atoms with Crippen LogP contribution in [0.1, 0.15) is 31.9 Å². The highest BCUT2D eigenvalue weighted by Crippen LogP contribution is 2.33. The Morgan fingerprint density at radius 1 is 1.36 bits per heavy atom. The predicted molar refractivity (Wildman–Crippen MR) is 93.3 cm³/mol. The molecule has 1 rings (SSSR count). The lowest BCUT2D eigenvalue weighted by Gasteiger charge is -2.24. The van der Waals surface area contributed by atoms with Crippen LogP contribution in [0.5, 0.6) is 11.5 Å². The fraction of sp³-hybridized carbons (Fsp3) is 0.529. The van der Waals surface area contributed by atoms with Gasteiger partial charge in [-0.1, -0.05) is 12.1 Å². The molecule has 4 nitrogen and oxygen atoms in total. The highest BCUT2D eigenvalue weighted by Gasteiger charge is 2.17. The molecule has 0 atom stereocenters. The Bertz CT molecular complexity index is 475. The van der Waals surface area contributed by atoms with Crippen molar-refractivity contribution < 1.29 is 14.6 Å². The molecular weight excluding hydrogens is 302 g/mol. The lowest BCUT2D eigenvalue weighted by Crippen LogP contribution is -2.42. The number of hydrogen-bond donors (Lipinski definition) is 2. The molecule has 22 heavy (non-hydrogen) atoms. The Labute approximate surface area is 139 Å². The molecule has 0 bridgehead atoms. The van der Waals surface area contributed by atoms with Crippen molar-refractivity contribution in [2.45, 2.75) is 39.3 Å². The standard InChI is InChI=1S/C17H27NO3.ClH/c1-6-8-14-9-13(11-18-17(3,4)12-19)10-15(20-5)16(14)21-7-2;/h6,9-10,18-19H,1,7-8,11-12H2,2-5H3;1H. The zero-order chi connectivity index (χ0) is 15.9. The van der Waals surface area contributed by atoms with Crippen molar-refractivity contribution >= 4 is 12.4 Å². The van der Waals surface area contributed by atoms with Crippen molar-refractivity contribution in [3.8, 4) is 11.5 Å². The van der Waals surface area contributed by atoms with Crippen LogP contribution in [0.2, 0.25) is 0 Å². The maximum absolute atomic E-state index is 9.31. The van der Waals surface area contributed by atoms with Crippen LogP contribution in [-0.4, -0.2) is 31.0 Å². The average Bonchev–Trinajstić information content (AvgIpc) is 2.47. The fourth-order valence-electron chi connectivity index (χ4n) is 1.99. The number of rotatable bonds is 9. The van der Waals surface area contributed by atoms with E-state index in [0.717, 1.165) is 29.0 Å². The van der Waals surface area contributed by atoms with Gasteiger partial charge in [-0.05, 0) is 38.8 Å². The second-order valence-corrected chi connectivity index (χ2v) is 5.61. The van der Waals surface area contributed by atoms with Gasteiger partial charge in [-0.2, -0.15) is 0 Å². The van der Waals surface area contributed by atoms with Crippen LogP contribution in [0.15, 0.2) is 24.8 Å². The van der Waals surface area contributed by atoms with E-state index in [0.29, 0.717) is 13.2 Å². The minimum absolute atomic E-state index is 0. The van der Waals surface area contributed by atoms with Crippen LogP contribution in [0, 0.1) is 0 Å². The molecule has 126 valence electrons. The molecule has 0 saturated carbocycles. The summed E-state index contributed by atoms with van der Waals surface area (Å²) in [7, 11) is 1.64. The van der Waals surface area contributed by atoms with Gasteiger partial charge in [0.15, 0.2) is 11.5 Å². The molecule has 2 N–H and O–H groups in total. The van der Waals surface area contributed by atoms with Crippen molar-refractivity contribution in [2.75, 3.05) is 20.3 Å². The van der Waals surface area contributed by atoms with Gasteiger partial charge in [0.05, 0.1) is 20.3 Å². The summed E-state index contributed by atoms with van der Waals surface area (Å²) in [6.07, 6.45) is 2.58. The van der Waals surface area contributed by atoms with E-state index in [1.54, 1.807) is 7.11 Å². The molecular formula is C17H28ClNO3. The molecule has 0 unspecified atom stereocenters. The van der Waals surface area contributed by atoms with E-state index in [1.807, 2.05) is 32.9 Å². The second kappa shape index (κ2) is 9.72. The molecule has 0 amide bonds. The van der Waals surface area contributed by atoms with Crippen LogP contribution in [0.25, 0.3) is 0 Å². The number of nitrogens with one attached hydrogen (secondary N) is 1. The summed E-state index contributed by atoms with van der Waals surface area (Å²) >= 11 is 0. The van der Waals surface area contributed by atoms with Crippen LogP contribution >= 0.6 is 12.4 Å². The van der Waals surface area contributed by atoms with E-state index >= 15 is 0 Å². The lowest BCUT2D eigenvalue weighted by molar-refractivity contribution is 0.187. The summed E-state index contributed by atoms with van der Waals surface area (Å²) in [6.45, 7) is 11.0. The largest absolute Gasteiger partial charge is 0.493 e. The highest BCUT2D eigenvalue weighted by atomic mass is 35.5. The third-order valence-electron chi connectivity index (χ3n) is 3.23. The molecule has 0 spiro atoms. The summed E-state index contributed by atoms with van der Waals surface area (Å²) < 4.78 is 11.1. The van der Waals surface area contributed by atoms with Crippen molar-refractivity contribution in [1.82, 2.24) is 5.32 Å². The van der Waals surface area contributed by atoms with Crippen molar-refractivity contribution in [3.05, 3.63) is 35.9 Å². The fourth-order valence-corrected chi connectivity index (χ4v) is 1.99. The number of allylic oxidation sites excluding steroid dienone is 1. The Morgan fingerprint density at radius 2 is 2.05 bits per heavy atom. The monoisotopic (exact) mass is 329 g/mol. The zero-order valence-corrected chi connectivity index (χ0v) is 14.8. The summed E-state index contributed by atoms with van der Waals surface area (Å²) in [4.78, 5) is 0. The maximum atomic E-state index is 9.31. The van der Waals surface area contributed by atoms with Gasteiger partial charge in [-0.25, -0.2) is 0 Å². The van der Waals surface area contributed by atoms with Crippen LogP contribution in [0.3, 0.4) is 0 Å². The third-order valence-corrected chi connectivity index (χ3v) is 3.23. The first kappa shape index (κ1) is 20.8. The molecule has 1 aromatic rings. The van der Waals surface area contributed by atoms with Crippen molar-refractivity contribution in [1.29, 1.82) is 0 Å². The van der Waals surface area contributed by atoms with Gasteiger partial charge in [0.2, 0.25) is 0 Å². The lowest BCUT2D eigenvalue weighted by atomic mass is 10.0. The highest BCUT2D eigenvalue weighted by molar-refractivity contribution is 5.85. The smallest absolute Gasteiger partial charge is 0.164 e. The first-order valence-corrected chi connectivity index (χ1v) is 7.26. The predicted octanol–water partition coefficient (Wildman–Crippen LogP) is 3.10. The normalized spacial score (nSPS) is 10.8. The summed E-state index contributed by atoms with van der Waals surface area (Å²) in [5.41, 5.74) is 1.84. The summed E-state index contributed by atoms with van der Waals surface area (Å²) in [5.74, 6) is 1.51. The minimum Gasteiger partial charge on any atom is -0.493 e. The molecule has 0 saturated heterocycles. The molecule has 1 aromatic carbocycles.